The zero-order valence-corrected chi connectivity index (χ0v) is 12.3. The number of esters is 1. The summed E-state index contributed by atoms with van der Waals surface area (Å²) in [7, 11) is 1.39. The molecule has 0 aromatic rings. The van der Waals surface area contributed by atoms with Crippen molar-refractivity contribution in [3.8, 4) is 0 Å². The number of hydrogen-bond acceptors (Lipinski definition) is 4. The summed E-state index contributed by atoms with van der Waals surface area (Å²) in [5.41, 5.74) is -1.22. The van der Waals surface area contributed by atoms with E-state index < -0.39 is 11.5 Å². The largest absolute Gasteiger partial charge is 0.469 e. The summed E-state index contributed by atoms with van der Waals surface area (Å²) in [4.78, 5) is 12.0. The minimum Gasteiger partial charge on any atom is -0.469 e. The maximum absolute atomic E-state index is 12.0. The van der Waals surface area contributed by atoms with E-state index in [1.807, 2.05) is 27.7 Å². The number of methoxy groups -OCH3 is 1. The van der Waals surface area contributed by atoms with Crippen LogP contribution in [0.4, 0.5) is 0 Å². The van der Waals surface area contributed by atoms with Crippen LogP contribution in [0.5, 0.6) is 0 Å². The quantitative estimate of drug-likeness (QED) is 0.791. The van der Waals surface area contributed by atoms with E-state index in [9.17, 15) is 9.90 Å². The predicted molar refractivity (Wildman–Crippen MR) is 71.0 cm³/mol. The molecule has 1 saturated heterocycles. The molecule has 1 rings (SSSR count). The highest BCUT2D eigenvalue weighted by Crippen LogP contribution is 2.48. The molecule has 0 saturated carbocycles. The topological polar surface area (TPSA) is 46.5 Å². The van der Waals surface area contributed by atoms with Crippen LogP contribution in [-0.4, -0.2) is 35.3 Å². The number of thioether (sulfide) groups is 1. The van der Waals surface area contributed by atoms with Crippen molar-refractivity contribution in [3.63, 3.8) is 0 Å². The van der Waals surface area contributed by atoms with Crippen LogP contribution in [0.25, 0.3) is 0 Å². The predicted octanol–water partition coefficient (Wildman–Crippen LogP) is 2.33. The summed E-state index contributed by atoms with van der Waals surface area (Å²) in [6, 6.07) is 0. The van der Waals surface area contributed by atoms with Gasteiger partial charge >= 0.3 is 5.97 Å². The molecule has 0 aromatic carbocycles. The zero-order valence-electron chi connectivity index (χ0n) is 11.4. The summed E-state index contributed by atoms with van der Waals surface area (Å²) in [6.07, 6.45) is 0.925. The molecule has 1 heterocycles. The van der Waals surface area contributed by atoms with Crippen molar-refractivity contribution in [1.82, 2.24) is 0 Å². The lowest BCUT2D eigenvalue weighted by Crippen LogP contribution is -2.59. The molecule has 0 spiro atoms. The van der Waals surface area contributed by atoms with Gasteiger partial charge < -0.3 is 9.84 Å². The molecule has 1 fully saturated rings. The number of hydrogen-bond donors (Lipinski definition) is 1. The fourth-order valence-electron chi connectivity index (χ4n) is 2.62. The Hall–Kier alpha value is -0.220. The average Bonchev–Trinajstić information content (AvgIpc) is 2.22. The standard InChI is InChI=1S/C13H24O3S/c1-9(2)10(11(14)16-5)13(15)8-17-7-6-12(13,3)4/h9-10,15H,6-8H2,1-5H3. The van der Waals surface area contributed by atoms with Crippen LogP contribution < -0.4 is 0 Å². The van der Waals surface area contributed by atoms with Gasteiger partial charge in [-0.15, -0.1) is 0 Å². The lowest BCUT2D eigenvalue weighted by molar-refractivity contribution is -0.170. The van der Waals surface area contributed by atoms with Crippen LogP contribution in [-0.2, 0) is 9.53 Å². The third kappa shape index (κ3) is 2.63. The lowest BCUT2D eigenvalue weighted by Gasteiger charge is -2.50. The molecule has 0 aliphatic carbocycles. The molecule has 0 bridgehead atoms. The van der Waals surface area contributed by atoms with E-state index in [-0.39, 0.29) is 17.3 Å². The van der Waals surface area contributed by atoms with Crippen molar-refractivity contribution in [1.29, 1.82) is 0 Å². The number of rotatable bonds is 3. The minimum atomic E-state index is -0.975. The van der Waals surface area contributed by atoms with E-state index in [1.54, 1.807) is 11.8 Å². The fourth-order valence-corrected chi connectivity index (χ4v) is 4.30. The van der Waals surface area contributed by atoms with Gasteiger partial charge in [-0.1, -0.05) is 27.7 Å². The van der Waals surface area contributed by atoms with Crippen molar-refractivity contribution in [2.75, 3.05) is 18.6 Å². The maximum Gasteiger partial charge on any atom is 0.311 e. The van der Waals surface area contributed by atoms with Crippen molar-refractivity contribution >= 4 is 17.7 Å². The van der Waals surface area contributed by atoms with Crippen LogP contribution in [0.1, 0.15) is 34.1 Å². The first kappa shape index (κ1) is 14.8. The van der Waals surface area contributed by atoms with E-state index >= 15 is 0 Å². The Labute approximate surface area is 108 Å². The number of ether oxygens (including phenoxy) is 1. The summed E-state index contributed by atoms with van der Waals surface area (Å²) in [6.45, 7) is 8.03. The van der Waals surface area contributed by atoms with E-state index in [1.165, 1.54) is 7.11 Å². The second-order valence-electron chi connectivity index (χ2n) is 5.86. The normalized spacial score (nSPS) is 30.1. The number of carbonyl (C=O) groups excluding carboxylic acids is 1. The van der Waals surface area contributed by atoms with Gasteiger partial charge in [0, 0.05) is 5.75 Å². The molecule has 1 aliphatic heterocycles. The van der Waals surface area contributed by atoms with Crippen LogP contribution in [0, 0.1) is 17.3 Å². The first-order valence-electron chi connectivity index (χ1n) is 6.14. The van der Waals surface area contributed by atoms with Gasteiger partial charge in [0.05, 0.1) is 18.6 Å². The summed E-state index contributed by atoms with van der Waals surface area (Å²) < 4.78 is 4.88. The molecular weight excluding hydrogens is 236 g/mol. The summed E-state index contributed by atoms with van der Waals surface area (Å²) >= 11 is 1.72. The highest BCUT2D eigenvalue weighted by molar-refractivity contribution is 7.99. The van der Waals surface area contributed by atoms with Gasteiger partial charge in [-0.2, -0.15) is 11.8 Å². The second-order valence-corrected chi connectivity index (χ2v) is 6.96. The zero-order chi connectivity index (χ0) is 13.3. The van der Waals surface area contributed by atoms with Gasteiger partial charge in [-0.05, 0) is 23.5 Å². The van der Waals surface area contributed by atoms with Gasteiger partial charge in [0.15, 0.2) is 0 Å². The molecule has 4 heteroatoms. The van der Waals surface area contributed by atoms with Gasteiger partial charge in [0.25, 0.3) is 0 Å². The van der Waals surface area contributed by atoms with E-state index in [4.69, 9.17) is 4.74 Å². The fraction of sp³-hybridized carbons (Fsp3) is 0.923. The maximum atomic E-state index is 12.0. The minimum absolute atomic E-state index is 0.0745. The Morgan fingerprint density at radius 2 is 2.00 bits per heavy atom. The molecule has 0 aromatic heterocycles. The molecule has 1 N–H and O–H groups in total. The highest BCUT2D eigenvalue weighted by Gasteiger charge is 2.54. The third-order valence-corrected chi connectivity index (χ3v) is 5.14. The summed E-state index contributed by atoms with van der Waals surface area (Å²) in [5.74, 6) is 0.984. The first-order valence-corrected chi connectivity index (χ1v) is 7.29. The van der Waals surface area contributed by atoms with Gasteiger partial charge in [-0.3, -0.25) is 4.79 Å². The Balaban J connectivity index is 3.10. The number of aliphatic hydroxyl groups is 1. The SMILES string of the molecule is COC(=O)C(C(C)C)C1(O)CSCCC1(C)C. The number of carbonyl (C=O) groups is 1. The Morgan fingerprint density at radius 3 is 2.41 bits per heavy atom. The van der Waals surface area contributed by atoms with Crippen LogP contribution in [0.3, 0.4) is 0 Å². The molecule has 1 aliphatic rings. The first-order chi connectivity index (χ1) is 7.76. The molecule has 2 unspecified atom stereocenters. The van der Waals surface area contributed by atoms with E-state index in [2.05, 4.69) is 0 Å². The highest BCUT2D eigenvalue weighted by atomic mass is 32.2. The molecular formula is C13H24O3S. The molecule has 0 radical (unpaired) electrons. The van der Waals surface area contributed by atoms with Gasteiger partial charge in [0.1, 0.15) is 0 Å². The molecule has 2 atom stereocenters. The molecule has 17 heavy (non-hydrogen) atoms. The molecule has 0 amide bonds. The van der Waals surface area contributed by atoms with Crippen molar-refractivity contribution in [2.45, 2.75) is 39.7 Å². The van der Waals surface area contributed by atoms with Crippen LogP contribution in [0.2, 0.25) is 0 Å². The van der Waals surface area contributed by atoms with Crippen molar-refractivity contribution < 1.29 is 14.6 Å². The Morgan fingerprint density at radius 1 is 1.41 bits per heavy atom. The van der Waals surface area contributed by atoms with Crippen molar-refractivity contribution in [3.05, 3.63) is 0 Å². The lowest BCUT2D eigenvalue weighted by atomic mass is 9.64. The Kier molecular flexibility index (Phi) is 4.53. The molecule has 100 valence electrons. The van der Waals surface area contributed by atoms with Crippen molar-refractivity contribution in [2.24, 2.45) is 17.3 Å². The Bertz CT molecular complexity index is 288. The molecule has 3 nitrogen and oxygen atoms in total. The summed E-state index contributed by atoms with van der Waals surface area (Å²) in [5, 5.41) is 11.0. The third-order valence-electron chi connectivity index (χ3n) is 4.00. The monoisotopic (exact) mass is 260 g/mol. The van der Waals surface area contributed by atoms with E-state index in [0.717, 1.165) is 12.2 Å². The smallest absolute Gasteiger partial charge is 0.311 e. The second kappa shape index (κ2) is 5.19. The van der Waals surface area contributed by atoms with Gasteiger partial charge in [-0.25, -0.2) is 0 Å². The van der Waals surface area contributed by atoms with E-state index in [0.29, 0.717) is 5.75 Å². The van der Waals surface area contributed by atoms with Crippen LogP contribution in [0.15, 0.2) is 0 Å². The van der Waals surface area contributed by atoms with Crippen LogP contribution >= 0.6 is 11.8 Å². The van der Waals surface area contributed by atoms with Gasteiger partial charge in [0.2, 0.25) is 0 Å². The average molecular weight is 260 g/mol.